The molecular formula is C27H24N2O5. The highest BCUT2D eigenvalue weighted by atomic mass is 16.6. The highest BCUT2D eigenvalue weighted by molar-refractivity contribution is 6.00. The van der Waals surface area contributed by atoms with Gasteiger partial charge in [-0.3, -0.25) is 4.79 Å². The first-order valence-corrected chi connectivity index (χ1v) is 10.9. The van der Waals surface area contributed by atoms with Gasteiger partial charge in [-0.25, -0.2) is 14.5 Å². The van der Waals surface area contributed by atoms with Gasteiger partial charge in [0, 0.05) is 29.6 Å². The Hall–Kier alpha value is -4.39. The molecule has 3 aromatic rings. The van der Waals surface area contributed by atoms with E-state index in [2.05, 4.69) is 11.5 Å². The van der Waals surface area contributed by atoms with Gasteiger partial charge in [0.05, 0.1) is 6.54 Å². The number of ether oxygens (including phenoxy) is 2. The third kappa shape index (κ3) is 5.15. The van der Waals surface area contributed by atoms with Gasteiger partial charge in [-0.05, 0) is 42.0 Å². The van der Waals surface area contributed by atoms with Gasteiger partial charge in [-0.1, -0.05) is 55.1 Å². The Balaban J connectivity index is 1.46. The molecule has 7 nitrogen and oxygen atoms in total. The van der Waals surface area contributed by atoms with Crippen LogP contribution in [-0.2, 0) is 25.5 Å². The first kappa shape index (κ1) is 22.8. The predicted molar refractivity (Wildman–Crippen MR) is 128 cm³/mol. The largest absolute Gasteiger partial charge is 0.461 e. The zero-order valence-corrected chi connectivity index (χ0v) is 18.5. The molecule has 1 unspecified atom stereocenters. The molecule has 34 heavy (non-hydrogen) atoms. The van der Waals surface area contributed by atoms with Crippen molar-refractivity contribution < 1.29 is 23.9 Å². The number of nitrogens with zero attached hydrogens (tertiary/aromatic N) is 2. The van der Waals surface area contributed by atoms with Crippen LogP contribution in [0.25, 0.3) is 0 Å². The summed E-state index contributed by atoms with van der Waals surface area (Å²) in [5.41, 5.74) is 3.86. The maximum Gasteiger partial charge on any atom is 0.417 e. The van der Waals surface area contributed by atoms with Gasteiger partial charge in [-0.2, -0.15) is 0 Å². The Labute approximate surface area is 197 Å². The molecule has 2 amide bonds. The van der Waals surface area contributed by atoms with E-state index < -0.39 is 24.1 Å². The lowest BCUT2D eigenvalue weighted by Crippen LogP contribution is -2.35. The van der Waals surface area contributed by atoms with Crippen LogP contribution in [0.1, 0.15) is 5.56 Å². The summed E-state index contributed by atoms with van der Waals surface area (Å²) in [6.45, 7) is 3.13. The molecule has 4 rings (SSSR count). The predicted octanol–water partition coefficient (Wildman–Crippen LogP) is 4.78. The quantitative estimate of drug-likeness (QED) is 0.341. The minimum Gasteiger partial charge on any atom is -0.461 e. The van der Waals surface area contributed by atoms with Crippen molar-refractivity contribution in [3.8, 4) is 0 Å². The highest BCUT2D eigenvalue weighted by Crippen LogP contribution is 2.34. The Morgan fingerprint density at radius 2 is 1.47 bits per heavy atom. The number of esters is 1. The number of carbonyl (C=O) groups excluding carboxylic acids is 3. The topological polar surface area (TPSA) is 76.2 Å². The number of imide groups is 1. The van der Waals surface area contributed by atoms with Crippen molar-refractivity contribution in [3.05, 3.63) is 103 Å². The molecular weight excluding hydrogens is 432 g/mol. The SMILES string of the molecule is C=CC(=O)OCCN1C(=O)OC(Cc2ccc(N(c3ccccc3)c3ccccc3)cc2)C1=O. The van der Waals surface area contributed by atoms with Gasteiger partial charge in [0.1, 0.15) is 6.61 Å². The molecule has 0 N–H and O–H groups in total. The Morgan fingerprint density at radius 3 is 2.03 bits per heavy atom. The summed E-state index contributed by atoms with van der Waals surface area (Å²) in [5, 5.41) is 0. The third-order valence-electron chi connectivity index (χ3n) is 5.38. The van der Waals surface area contributed by atoms with Crippen LogP contribution in [0.2, 0.25) is 0 Å². The molecule has 0 bridgehead atoms. The van der Waals surface area contributed by atoms with Crippen LogP contribution < -0.4 is 4.90 Å². The fourth-order valence-corrected chi connectivity index (χ4v) is 3.72. The van der Waals surface area contributed by atoms with Crippen molar-refractivity contribution in [3.63, 3.8) is 0 Å². The molecule has 0 aliphatic carbocycles. The van der Waals surface area contributed by atoms with Crippen molar-refractivity contribution in [1.29, 1.82) is 0 Å². The van der Waals surface area contributed by atoms with Gasteiger partial charge in [-0.15, -0.1) is 0 Å². The zero-order valence-electron chi connectivity index (χ0n) is 18.5. The molecule has 0 radical (unpaired) electrons. The fraction of sp³-hybridized carbons (Fsp3) is 0.148. The molecule has 3 aromatic carbocycles. The lowest BCUT2D eigenvalue weighted by Gasteiger charge is -2.25. The Bertz CT molecular complexity index is 1120. The monoisotopic (exact) mass is 456 g/mol. The molecule has 1 aliphatic rings. The van der Waals surface area contributed by atoms with E-state index in [1.54, 1.807) is 0 Å². The van der Waals surface area contributed by atoms with E-state index in [1.807, 2.05) is 84.9 Å². The van der Waals surface area contributed by atoms with Crippen LogP contribution in [0.3, 0.4) is 0 Å². The van der Waals surface area contributed by atoms with Crippen molar-refractivity contribution in [1.82, 2.24) is 4.90 Å². The van der Waals surface area contributed by atoms with Gasteiger partial charge in [0.2, 0.25) is 0 Å². The normalized spacial score (nSPS) is 15.1. The smallest absolute Gasteiger partial charge is 0.417 e. The van der Waals surface area contributed by atoms with Gasteiger partial charge in [0.15, 0.2) is 6.10 Å². The first-order chi connectivity index (χ1) is 16.6. The van der Waals surface area contributed by atoms with Crippen LogP contribution in [0, 0.1) is 0 Å². The maximum absolute atomic E-state index is 12.6. The second-order valence-electron chi connectivity index (χ2n) is 7.61. The summed E-state index contributed by atoms with van der Waals surface area (Å²) in [4.78, 5) is 39.0. The lowest BCUT2D eigenvalue weighted by atomic mass is 10.1. The number of cyclic esters (lactones) is 1. The Morgan fingerprint density at radius 1 is 0.912 bits per heavy atom. The number of para-hydroxylation sites is 2. The molecule has 172 valence electrons. The van der Waals surface area contributed by atoms with Crippen molar-refractivity contribution in [2.75, 3.05) is 18.1 Å². The van der Waals surface area contributed by atoms with E-state index in [9.17, 15) is 14.4 Å². The minimum absolute atomic E-state index is 0.0597. The molecule has 1 saturated heterocycles. The zero-order chi connectivity index (χ0) is 23.9. The fourth-order valence-electron chi connectivity index (χ4n) is 3.72. The molecule has 1 fully saturated rings. The van der Waals surface area contributed by atoms with Crippen molar-refractivity contribution >= 4 is 35.0 Å². The number of benzene rings is 3. The number of amides is 2. The van der Waals surface area contributed by atoms with Gasteiger partial charge < -0.3 is 14.4 Å². The average molecular weight is 456 g/mol. The summed E-state index contributed by atoms with van der Waals surface area (Å²) in [7, 11) is 0. The molecule has 1 atom stereocenters. The van der Waals surface area contributed by atoms with E-state index in [4.69, 9.17) is 9.47 Å². The second kappa shape index (κ2) is 10.5. The van der Waals surface area contributed by atoms with Crippen LogP contribution in [0.5, 0.6) is 0 Å². The second-order valence-corrected chi connectivity index (χ2v) is 7.61. The molecule has 0 spiro atoms. The van der Waals surface area contributed by atoms with Crippen LogP contribution >= 0.6 is 0 Å². The van der Waals surface area contributed by atoms with Crippen LogP contribution in [-0.4, -0.2) is 42.1 Å². The third-order valence-corrected chi connectivity index (χ3v) is 5.38. The molecule has 0 aromatic heterocycles. The van der Waals surface area contributed by atoms with E-state index >= 15 is 0 Å². The van der Waals surface area contributed by atoms with Crippen LogP contribution in [0.15, 0.2) is 97.6 Å². The minimum atomic E-state index is -0.909. The number of anilines is 3. The molecule has 1 aliphatic heterocycles. The lowest BCUT2D eigenvalue weighted by molar-refractivity contribution is -0.139. The van der Waals surface area contributed by atoms with Crippen LogP contribution in [0.4, 0.5) is 21.9 Å². The van der Waals surface area contributed by atoms with E-state index in [1.165, 1.54) is 0 Å². The summed E-state index contributed by atoms with van der Waals surface area (Å²) in [6, 6.07) is 27.9. The van der Waals surface area contributed by atoms with E-state index in [-0.39, 0.29) is 19.6 Å². The summed E-state index contributed by atoms with van der Waals surface area (Å²) >= 11 is 0. The number of hydrogen-bond acceptors (Lipinski definition) is 6. The molecule has 1 heterocycles. The highest BCUT2D eigenvalue weighted by Gasteiger charge is 2.40. The Kier molecular flexibility index (Phi) is 7.03. The van der Waals surface area contributed by atoms with Crippen molar-refractivity contribution in [2.24, 2.45) is 0 Å². The maximum atomic E-state index is 12.6. The van der Waals surface area contributed by atoms with E-state index in [0.29, 0.717) is 0 Å². The summed E-state index contributed by atoms with van der Waals surface area (Å²) in [5.74, 6) is -1.06. The van der Waals surface area contributed by atoms with E-state index in [0.717, 1.165) is 33.6 Å². The first-order valence-electron chi connectivity index (χ1n) is 10.9. The van der Waals surface area contributed by atoms with Gasteiger partial charge in [0.25, 0.3) is 5.91 Å². The average Bonchev–Trinajstić information content (AvgIpc) is 3.13. The molecule has 0 saturated carbocycles. The molecule has 7 heteroatoms. The number of carbonyl (C=O) groups is 3. The summed E-state index contributed by atoms with van der Waals surface area (Å²) in [6.07, 6.45) is -0.369. The summed E-state index contributed by atoms with van der Waals surface area (Å²) < 4.78 is 10.1. The standard InChI is InChI=1S/C27H24N2O5/c1-2-25(30)33-18-17-28-26(31)24(34-27(28)32)19-20-13-15-23(16-14-20)29(21-9-5-3-6-10-21)22-11-7-4-8-12-22/h2-16,24H,1,17-19H2. The van der Waals surface area contributed by atoms with Crippen molar-refractivity contribution in [2.45, 2.75) is 12.5 Å². The number of rotatable bonds is 9. The van der Waals surface area contributed by atoms with Gasteiger partial charge >= 0.3 is 12.1 Å². The number of hydrogen-bond donors (Lipinski definition) is 0.